The van der Waals surface area contributed by atoms with Crippen molar-refractivity contribution in [1.29, 1.82) is 0 Å². The third kappa shape index (κ3) is 4.73. The van der Waals surface area contributed by atoms with Crippen molar-refractivity contribution in [3.05, 3.63) is 51.8 Å². The number of benzene rings is 1. The average molecular weight is 411 g/mol. The maximum absolute atomic E-state index is 12.3. The van der Waals surface area contributed by atoms with E-state index in [9.17, 15) is 14.4 Å². The summed E-state index contributed by atoms with van der Waals surface area (Å²) in [5.41, 5.74) is 2.54. The van der Waals surface area contributed by atoms with E-state index in [1.54, 1.807) is 36.9 Å². The number of H-pyrrole nitrogens is 1. The zero-order valence-electron chi connectivity index (χ0n) is 17.5. The number of carbonyl (C=O) groups is 2. The van der Waals surface area contributed by atoms with E-state index in [2.05, 4.69) is 20.4 Å². The predicted octanol–water partition coefficient (Wildman–Crippen LogP) is 2.17. The van der Waals surface area contributed by atoms with Crippen LogP contribution < -0.4 is 10.9 Å². The first-order chi connectivity index (χ1) is 14.3. The molecule has 9 nitrogen and oxygen atoms in total. The number of aromatic nitrogens is 4. The lowest BCUT2D eigenvalue weighted by Crippen LogP contribution is -2.30. The smallest absolute Gasteiger partial charge is 0.306 e. The molecule has 2 aromatic heterocycles. The zero-order valence-corrected chi connectivity index (χ0v) is 17.5. The fourth-order valence-electron chi connectivity index (χ4n) is 3.14. The quantitative estimate of drug-likeness (QED) is 0.575. The van der Waals surface area contributed by atoms with Gasteiger partial charge < -0.3 is 15.0 Å². The molecule has 0 bridgehead atoms. The minimum Gasteiger partial charge on any atom is -0.453 e. The normalized spacial score (nSPS) is 12.0. The van der Waals surface area contributed by atoms with Crippen LogP contribution in [0.3, 0.4) is 0 Å². The summed E-state index contributed by atoms with van der Waals surface area (Å²) in [7, 11) is 1.79. The molecule has 2 N–H and O–H groups in total. The first-order valence-corrected chi connectivity index (χ1v) is 9.74. The minimum absolute atomic E-state index is 0.110. The topological polar surface area (TPSA) is 119 Å². The van der Waals surface area contributed by atoms with Gasteiger partial charge in [-0.1, -0.05) is 12.1 Å². The molecule has 30 heavy (non-hydrogen) atoms. The number of esters is 1. The molecule has 0 aliphatic heterocycles. The summed E-state index contributed by atoms with van der Waals surface area (Å²) in [5.74, 6) is -0.386. The van der Waals surface area contributed by atoms with Gasteiger partial charge in [-0.05, 0) is 39.3 Å². The van der Waals surface area contributed by atoms with E-state index >= 15 is 0 Å². The molecule has 0 radical (unpaired) electrons. The number of nitrogens with zero attached hydrogens (tertiary/aromatic N) is 3. The molecule has 3 aromatic rings. The van der Waals surface area contributed by atoms with E-state index in [1.165, 1.54) is 6.92 Å². The molecular weight excluding hydrogens is 386 g/mol. The van der Waals surface area contributed by atoms with E-state index in [0.717, 1.165) is 5.69 Å². The van der Waals surface area contributed by atoms with Crippen molar-refractivity contribution in [2.24, 2.45) is 7.05 Å². The number of carbonyl (C=O) groups excluding carboxylic acids is 2. The average Bonchev–Trinajstić information content (AvgIpc) is 2.94. The van der Waals surface area contributed by atoms with Gasteiger partial charge in [0.25, 0.3) is 11.5 Å². The second kappa shape index (κ2) is 8.89. The lowest BCUT2D eigenvalue weighted by atomic mass is 10.2. The molecule has 3 rings (SSSR count). The summed E-state index contributed by atoms with van der Waals surface area (Å²) < 4.78 is 6.91. The van der Waals surface area contributed by atoms with Gasteiger partial charge in [0.15, 0.2) is 6.10 Å². The third-order valence-corrected chi connectivity index (χ3v) is 4.89. The van der Waals surface area contributed by atoms with Crippen molar-refractivity contribution < 1.29 is 14.3 Å². The number of anilines is 1. The summed E-state index contributed by atoms with van der Waals surface area (Å²) >= 11 is 0. The van der Waals surface area contributed by atoms with Crippen molar-refractivity contribution in [2.75, 3.05) is 5.32 Å². The van der Waals surface area contributed by atoms with E-state index in [1.807, 2.05) is 13.0 Å². The number of hydrogen-bond donors (Lipinski definition) is 2. The zero-order chi connectivity index (χ0) is 21.8. The lowest BCUT2D eigenvalue weighted by Gasteiger charge is -2.13. The third-order valence-electron chi connectivity index (χ3n) is 4.89. The first kappa shape index (κ1) is 21.2. The summed E-state index contributed by atoms with van der Waals surface area (Å²) in [4.78, 5) is 43.7. The summed E-state index contributed by atoms with van der Waals surface area (Å²) in [5, 5.41) is 7.53. The number of aryl methyl sites for hydroxylation is 3. The van der Waals surface area contributed by atoms with Crippen LogP contribution in [0.25, 0.3) is 10.9 Å². The predicted molar refractivity (Wildman–Crippen MR) is 112 cm³/mol. The van der Waals surface area contributed by atoms with Crippen LogP contribution >= 0.6 is 0 Å². The van der Waals surface area contributed by atoms with Gasteiger partial charge in [-0.3, -0.25) is 19.1 Å². The number of rotatable bonds is 7. The highest BCUT2D eigenvalue weighted by molar-refractivity contribution is 5.96. The number of nitrogens with one attached hydrogen (secondary N) is 2. The van der Waals surface area contributed by atoms with Crippen LogP contribution in [-0.2, 0) is 27.8 Å². The molecule has 9 heteroatoms. The Hall–Kier alpha value is -3.49. The SMILES string of the molecule is Cc1nn(C)c(C)c1NC(=O)[C@@H](C)OC(=O)CCCc1nc2ccccc2c(=O)[nH]1. The highest BCUT2D eigenvalue weighted by atomic mass is 16.5. The van der Waals surface area contributed by atoms with E-state index in [4.69, 9.17) is 4.74 Å². The van der Waals surface area contributed by atoms with Gasteiger partial charge in [0, 0.05) is 19.9 Å². The van der Waals surface area contributed by atoms with E-state index in [0.29, 0.717) is 41.0 Å². The lowest BCUT2D eigenvalue weighted by molar-refractivity contribution is -0.153. The Morgan fingerprint density at radius 1 is 1.27 bits per heavy atom. The molecule has 158 valence electrons. The van der Waals surface area contributed by atoms with Crippen LogP contribution in [0.1, 0.15) is 37.0 Å². The maximum atomic E-state index is 12.3. The van der Waals surface area contributed by atoms with Gasteiger partial charge in [-0.15, -0.1) is 0 Å². The van der Waals surface area contributed by atoms with Crippen molar-refractivity contribution >= 4 is 28.5 Å². The van der Waals surface area contributed by atoms with Crippen LogP contribution in [0.4, 0.5) is 5.69 Å². The summed E-state index contributed by atoms with van der Waals surface area (Å²) in [6, 6.07) is 7.08. The number of ether oxygens (including phenoxy) is 1. The number of para-hydroxylation sites is 1. The van der Waals surface area contributed by atoms with Crippen LogP contribution in [-0.4, -0.2) is 37.7 Å². The van der Waals surface area contributed by atoms with Crippen molar-refractivity contribution in [2.45, 2.75) is 46.1 Å². The molecule has 2 heterocycles. The van der Waals surface area contributed by atoms with Crippen LogP contribution in [0.15, 0.2) is 29.1 Å². The summed E-state index contributed by atoms with van der Waals surface area (Å²) in [6.45, 7) is 5.17. The first-order valence-electron chi connectivity index (χ1n) is 9.74. The van der Waals surface area contributed by atoms with Crippen LogP contribution in [0.5, 0.6) is 0 Å². The second-order valence-electron chi connectivity index (χ2n) is 7.17. The highest BCUT2D eigenvalue weighted by Crippen LogP contribution is 2.18. The Kier molecular flexibility index (Phi) is 6.29. The monoisotopic (exact) mass is 411 g/mol. The van der Waals surface area contributed by atoms with Crippen molar-refractivity contribution in [3.8, 4) is 0 Å². The molecule has 0 spiro atoms. The molecule has 1 amide bonds. The minimum atomic E-state index is -0.935. The molecule has 0 saturated heterocycles. The maximum Gasteiger partial charge on any atom is 0.306 e. The van der Waals surface area contributed by atoms with Gasteiger partial charge in [-0.25, -0.2) is 4.98 Å². The number of amides is 1. The van der Waals surface area contributed by atoms with Gasteiger partial charge in [0.1, 0.15) is 5.82 Å². The fourth-order valence-corrected chi connectivity index (χ4v) is 3.14. The van der Waals surface area contributed by atoms with Gasteiger partial charge >= 0.3 is 5.97 Å². The second-order valence-corrected chi connectivity index (χ2v) is 7.17. The Bertz CT molecular complexity index is 1150. The van der Waals surface area contributed by atoms with E-state index < -0.39 is 18.0 Å². The van der Waals surface area contributed by atoms with Crippen LogP contribution in [0.2, 0.25) is 0 Å². The molecule has 0 unspecified atom stereocenters. The van der Waals surface area contributed by atoms with Gasteiger partial charge in [0.2, 0.25) is 0 Å². The van der Waals surface area contributed by atoms with Gasteiger partial charge in [-0.2, -0.15) is 5.10 Å². The molecule has 1 aromatic carbocycles. The van der Waals surface area contributed by atoms with Crippen LogP contribution in [0, 0.1) is 13.8 Å². The summed E-state index contributed by atoms with van der Waals surface area (Å²) in [6.07, 6.45) is 0.0354. The van der Waals surface area contributed by atoms with Crippen molar-refractivity contribution in [3.63, 3.8) is 0 Å². The Morgan fingerprint density at radius 3 is 2.70 bits per heavy atom. The van der Waals surface area contributed by atoms with E-state index in [-0.39, 0.29) is 12.0 Å². The Balaban J connectivity index is 1.50. The fraction of sp³-hybridized carbons (Fsp3) is 0.381. The van der Waals surface area contributed by atoms with Crippen molar-refractivity contribution in [1.82, 2.24) is 19.7 Å². The Morgan fingerprint density at radius 2 is 2.00 bits per heavy atom. The number of aromatic amines is 1. The molecule has 0 fully saturated rings. The molecule has 0 saturated carbocycles. The molecular formula is C21H25N5O4. The van der Waals surface area contributed by atoms with Gasteiger partial charge in [0.05, 0.1) is 28.0 Å². The standard InChI is InChI=1S/C21H25N5O4/c1-12-19(13(2)26(4)25-12)24-20(28)14(3)30-18(27)11-7-10-17-22-16-9-6-5-8-15(16)21(29)23-17/h5-6,8-9,14H,7,10-11H2,1-4H3,(H,24,28)(H,22,23,29)/t14-/m1/s1. The molecule has 1 atom stereocenters. The Labute approximate surface area is 173 Å². The molecule has 0 aliphatic carbocycles. The molecule has 0 aliphatic rings. The number of fused-ring (bicyclic) bond motifs is 1. The highest BCUT2D eigenvalue weighted by Gasteiger charge is 2.20. The largest absolute Gasteiger partial charge is 0.453 e. The number of hydrogen-bond acceptors (Lipinski definition) is 6.